The number of anilines is 1. The fraction of sp³-hybridized carbons (Fsp3) is 0.714. The zero-order chi connectivity index (χ0) is 12.2. The topological polar surface area (TPSA) is 41.1 Å². The lowest BCUT2D eigenvalue weighted by atomic mass is 9.86. The van der Waals surface area contributed by atoms with Crippen molar-refractivity contribution in [3.8, 4) is 0 Å². The molecule has 0 unspecified atom stereocenters. The van der Waals surface area contributed by atoms with E-state index in [2.05, 4.69) is 20.2 Å². The first kappa shape index (κ1) is 11.9. The second-order valence-corrected chi connectivity index (χ2v) is 5.37. The molecule has 1 aliphatic carbocycles. The van der Waals surface area contributed by atoms with Crippen LogP contribution in [0.3, 0.4) is 0 Å². The minimum absolute atomic E-state index is 0.659. The van der Waals surface area contributed by atoms with Gasteiger partial charge in [0, 0.05) is 32.1 Å². The summed E-state index contributed by atoms with van der Waals surface area (Å²) >= 11 is 0. The van der Waals surface area contributed by atoms with Crippen molar-refractivity contribution in [1.29, 1.82) is 0 Å². The molecular formula is C14H22N4. The molecule has 0 atom stereocenters. The van der Waals surface area contributed by atoms with E-state index in [0.717, 1.165) is 26.2 Å². The average Bonchev–Trinajstić information content (AvgIpc) is 2.49. The van der Waals surface area contributed by atoms with Gasteiger partial charge in [-0.25, -0.2) is 9.97 Å². The Morgan fingerprint density at radius 1 is 1.11 bits per heavy atom. The summed E-state index contributed by atoms with van der Waals surface area (Å²) in [6.07, 6.45) is 10.4. The van der Waals surface area contributed by atoms with Crippen molar-refractivity contribution >= 4 is 5.69 Å². The number of nitrogens with zero attached hydrogens (tertiary/aromatic N) is 3. The molecule has 4 nitrogen and oxygen atoms in total. The van der Waals surface area contributed by atoms with Crippen LogP contribution in [0, 0.1) is 0 Å². The van der Waals surface area contributed by atoms with Gasteiger partial charge in [0.25, 0.3) is 0 Å². The third-order valence-corrected chi connectivity index (χ3v) is 4.17. The van der Waals surface area contributed by atoms with Gasteiger partial charge in [-0.15, -0.1) is 0 Å². The van der Waals surface area contributed by atoms with E-state index in [0.29, 0.717) is 5.92 Å². The van der Waals surface area contributed by atoms with Gasteiger partial charge in [-0.3, -0.25) is 0 Å². The summed E-state index contributed by atoms with van der Waals surface area (Å²) in [6, 6.07) is 0. The predicted octanol–water partition coefficient (Wildman–Crippen LogP) is 1.93. The molecule has 3 rings (SSSR count). The lowest BCUT2D eigenvalue weighted by molar-refractivity contribution is 0.435. The average molecular weight is 246 g/mol. The number of piperazine rings is 1. The van der Waals surface area contributed by atoms with Gasteiger partial charge < -0.3 is 10.2 Å². The third kappa shape index (κ3) is 2.48. The van der Waals surface area contributed by atoms with Crippen LogP contribution < -0.4 is 10.2 Å². The molecule has 1 aliphatic heterocycles. The molecule has 2 aliphatic rings. The van der Waals surface area contributed by atoms with E-state index in [9.17, 15) is 0 Å². The quantitative estimate of drug-likeness (QED) is 0.866. The first-order valence-corrected chi connectivity index (χ1v) is 7.21. The lowest BCUT2D eigenvalue weighted by Gasteiger charge is -2.32. The molecule has 1 N–H and O–H groups in total. The van der Waals surface area contributed by atoms with Crippen LogP contribution >= 0.6 is 0 Å². The molecule has 1 saturated heterocycles. The smallest absolute Gasteiger partial charge is 0.115 e. The molecule has 98 valence electrons. The Morgan fingerprint density at radius 2 is 1.89 bits per heavy atom. The SMILES string of the molecule is c1ncc(N2CCNCC2)c(C2CCCCC2)n1. The third-order valence-electron chi connectivity index (χ3n) is 4.17. The first-order valence-electron chi connectivity index (χ1n) is 7.21. The van der Waals surface area contributed by atoms with Crippen molar-refractivity contribution in [2.75, 3.05) is 31.1 Å². The fourth-order valence-electron chi connectivity index (χ4n) is 3.17. The van der Waals surface area contributed by atoms with Crippen LogP contribution in [-0.2, 0) is 0 Å². The molecular weight excluding hydrogens is 224 g/mol. The van der Waals surface area contributed by atoms with E-state index >= 15 is 0 Å². The molecule has 1 aromatic heterocycles. The van der Waals surface area contributed by atoms with Gasteiger partial charge in [0.05, 0.1) is 17.6 Å². The maximum Gasteiger partial charge on any atom is 0.115 e. The van der Waals surface area contributed by atoms with Gasteiger partial charge in [0.2, 0.25) is 0 Å². The Morgan fingerprint density at radius 3 is 2.67 bits per heavy atom. The van der Waals surface area contributed by atoms with Gasteiger partial charge >= 0.3 is 0 Å². The van der Waals surface area contributed by atoms with Gasteiger partial charge in [0.15, 0.2) is 0 Å². The number of aromatic nitrogens is 2. The number of hydrogen-bond donors (Lipinski definition) is 1. The number of hydrogen-bond acceptors (Lipinski definition) is 4. The molecule has 0 radical (unpaired) electrons. The summed E-state index contributed by atoms with van der Waals surface area (Å²) in [4.78, 5) is 11.3. The van der Waals surface area contributed by atoms with Crippen molar-refractivity contribution in [3.05, 3.63) is 18.2 Å². The number of nitrogens with one attached hydrogen (secondary N) is 1. The van der Waals surface area contributed by atoms with E-state index in [4.69, 9.17) is 0 Å². The highest BCUT2D eigenvalue weighted by molar-refractivity contribution is 5.50. The van der Waals surface area contributed by atoms with E-state index in [-0.39, 0.29) is 0 Å². The molecule has 2 heterocycles. The van der Waals surface area contributed by atoms with E-state index in [1.807, 2.05) is 6.20 Å². The maximum atomic E-state index is 4.60. The molecule has 2 fully saturated rings. The summed E-state index contributed by atoms with van der Waals surface area (Å²) < 4.78 is 0. The van der Waals surface area contributed by atoms with Crippen molar-refractivity contribution in [2.45, 2.75) is 38.0 Å². The van der Waals surface area contributed by atoms with Gasteiger partial charge in [-0.05, 0) is 12.8 Å². The highest BCUT2D eigenvalue weighted by Crippen LogP contribution is 2.35. The van der Waals surface area contributed by atoms with Gasteiger partial charge in [-0.1, -0.05) is 19.3 Å². The second kappa shape index (κ2) is 5.65. The molecule has 1 aromatic rings. The maximum absolute atomic E-state index is 4.60. The van der Waals surface area contributed by atoms with Gasteiger partial charge in [0.1, 0.15) is 6.33 Å². The number of rotatable bonds is 2. The highest BCUT2D eigenvalue weighted by Gasteiger charge is 2.23. The minimum atomic E-state index is 0.659. The van der Waals surface area contributed by atoms with Crippen LogP contribution in [0.2, 0.25) is 0 Å². The molecule has 0 aromatic carbocycles. The summed E-state index contributed by atoms with van der Waals surface area (Å²) in [7, 11) is 0. The molecule has 1 saturated carbocycles. The standard InChI is InChI=1S/C14H22N4/c1-2-4-12(5-3-1)14-13(10-16-11-17-14)18-8-6-15-7-9-18/h10-12,15H,1-9H2. The normalized spacial score (nSPS) is 22.1. The van der Waals surface area contributed by atoms with Crippen molar-refractivity contribution in [1.82, 2.24) is 15.3 Å². The van der Waals surface area contributed by atoms with Crippen molar-refractivity contribution in [3.63, 3.8) is 0 Å². The Hall–Kier alpha value is -1.16. The molecule has 18 heavy (non-hydrogen) atoms. The Bertz CT molecular complexity index is 344. The Labute approximate surface area is 109 Å². The fourth-order valence-corrected chi connectivity index (χ4v) is 3.17. The van der Waals surface area contributed by atoms with Crippen LogP contribution in [0.1, 0.15) is 43.7 Å². The zero-order valence-electron chi connectivity index (χ0n) is 10.9. The molecule has 0 spiro atoms. The van der Waals surface area contributed by atoms with Crippen molar-refractivity contribution < 1.29 is 0 Å². The summed E-state index contributed by atoms with van der Waals surface area (Å²) in [5, 5.41) is 3.40. The highest BCUT2D eigenvalue weighted by atomic mass is 15.2. The lowest BCUT2D eigenvalue weighted by Crippen LogP contribution is -2.44. The van der Waals surface area contributed by atoms with E-state index in [1.165, 1.54) is 43.5 Å². The summed E-state index contributed by atoms with van der Waals surface area (Å²) in [6.45, 7) is 4.29. The largest absolute Gasteiger partial charge is 0.366 e. The predicted molar refractivity (Wildman–Crippen MR) is 72.9 cm³/mol. The van der Waals surface area contributed by atoms with E-state index < -0.39 is 0 Å². The summed E-state index contributed by atoms with van der Waals surface area (Å²) in [5.74, 6) is 0.659. The molecule has 0 amide bonds. The van der Waals surface area contributed by atoms with E-state index in [1.54, 1.807) is 6.33 Å². The monoisotopic (exact) mass is 246 g/mol. The van der Waals surface area contributed by atoms with Crippen molar-refractivity contribution in [2.24, 2.45) is 0 Å². The van der Waals surface area contributed by atoms with Crippen LogP contribution in [0.5, 0.6) is 0 Å². The van der Waals surface area contributed by atoms with Crippen LogP contribution in [0.4, 0.5) is 5.69 Å². The second-order valence-electron chi connectivity index (χ2n) is 5.37. The Balaban J connectivity index is 1.83. The first-order chi connectivity index (χ1) is 8.95. The molecule has 0 bridgehead atoms. The zero-order valence-corrected chi connectivity index (χ0v) is 10.9. The Kier molecular flexibility index (Phi) is 3.74. The van der Waals surface area contributed by atoms with Gasteiger partial charge in [-0.2, -0.15) is 0 Å². The van der Waals surface area contributed by atoms with Crippen LogP contribution in [0.15, 0.2) is 12.5 Å². The minimum Gasteiger partial charge on any atom is -0.366 e. The molecule has 4 heteroatoms. The van der Waals surface area contributed by atoms with Crippen LogP contribution in [-0.4, -0.2) is 36.1 Å². The summed E-state index contributed by atoms with van der Waals surface area (Å²) in [5.41, 5.74) is 2.58. The van der Waals surface area contributed by atoms with Crippen LogP contribution in [0.25, 0.3) is 0 Å².